The summed E-state index contributed by atoms with van der Waals surface area (Å²) in [4.78, 5) is 0. The Balaban J connectivity index is 0.000000212. The number of rotatable bonds is 4. The fourth-order valence-electron chi connectivity index (χ4n) is 3.99. The Bertz CT molecular complexity index is 501. The molecule has 29 heavy (non-hydrogen) atoms. The second kappa shape index (κ2) is 10.3. The molecule has 0 aromatic carbocycles. The molecule has 0 aromatic rings. The van der Waals surface area contributed by atoms with Gasteiger partial charge in [0, 0.05) is 14.2 Å². The lowest BCUT2D eigenvalue weighted by atomic mass is 9.97. The van der Waals surface area contributed by atoms with E-state index in [1.165, 1.54) is 7.11 Å². The lowest BCUT2D eigenvalue weighted by Gasteiger charge is -2.39. The van der Waals surface area contributed by atoms with Crippen LogP contribution in [-0.2, 0) is 28.4 Å². The highest BCUT2D eigenvalue weighted by atomic mass is 16.8. The highest BCUT2D eigenvalue weighted by Crippen LogP contribution is 2.38. The highest BCUT2D eigenvalue weighted by Gasteiger charge is 2.54. The van der Waals surface area contributed by atoms with Crippen LogP contribution < -0.4 is 0 Å². The Hall–Kier alpha value is -0.400. The van der Waals surface area contributed by atoms with Crippen LogP contribution in [0.3, 0.4) is 0 Å². The average molecular weight is 424 g/mol. The number of methoxy groups -OCH3 is 2. The maximum Gasteiger partial charge on any atom is 0.184 e. The van der Waals surface area contributed by atoms with Crippen LogP contribution in [0.5, 0.6) is 0 Å². The van der Waals surface area contributed by atoms with Crippen molar-refractivity contribution >= 4 is 0 Å². The molecule has 4 N–H and O–H groups in total. The normalized spacial score (nSPS) is 46.6. The zero-order chi connectivity index (χ0) is 21.9. The molecular weight excluding hydrogens is 388 g/mol. The van der Waals surface area contributed by atoms with Gasteiger partial charge in [0.25, 0.3) is 0 Å². The summed E-state index contributed by atoms with van der Waals surface area (Å²) in [6, 6.07) is 0. The van der Waals surface area contributed by atoms with Gasteiger partial charge < -0.3 is 48.8 Å². The van der Waals surface area contributed by atoms with E-state index in [0.29, 0.717) is 6.42 Å². The van der Waals surface area contributed by atoms with Crippen LogP contribution >= 0.6 is 0 Å². The molecule has 0 aliphatic carbocycles. The average Bonchev–Trinajstić information content (AvgIpc) is 3.01. The second-order valence-corrected chi connectivity index (χ2v) is 7.89. The van der Waals surface area contributed by atoms with Gasteiger partial charge in [0.15, 0.2) is 18.4 Å². The molecule has 3 heterocycles. The molecule has 10 heteroatoms. The van der Waals surface area contributed by atoms with E-state index in [2.05, 4.69) is 0 Å². The van der Waals surface area contributed by atoms with E-state index in [1.807, 2.05) is 27.7 Å². The van der Waals surface area contributed by atoms with Crippen molar-refractivity contribution in [3.8, 4) is 0 Å². The molecule has 3 saturated heterocycles. The van der Waals surface area contributed by atoms with Gasteiger partial charge in [-0.15, -0.1) is 0 Å². The first kappa shape index (κ1) is 24.9. The van der Waals surface area contributed by atoms with Crippen LogP contribution in [0, 0.1) is 0 Å². The Morgan fingerprint density at radius 2 is 1.21 bits per heavy atom. The Morgan fingerprint density at radius 1 is 0.724 bits per heavy atom. The standard InChI is InChI=1S/C11H20O5.C8H16O5/c1-5-6-7(13-4)8-9(10(12)14-6)16-11(2,3)15-8;1-3-4-7(12-2)5(9)6(10)8(11)13-4/h6-10,12H,5H2,1-4H3;4-11H,3H2,1-2H3/t6-,7-,8+,9+,10?;4-,5-,6+,7-,8?/m00/s1. The van der Waals surface area contributed by atoms with Gasteiger partial charge in [-0.25, -0.2) is 0 Å². The molecule has 0 amide bonds. The topological polar surface area (TPSA) is 136 Å². The van der Waals surface area contributed by atoms with E-state index in [-0.39, 0.29) is 24.4 Å². The summed E-state index contributed by atoms with van der Waals surface area (Å²) in [5, 5.41) is 37.8. The van der Waals surface area contributed by atoms with Crippen LogP contribution in [0.25, 0.3) is 0 Å². The summed E-state index contributed by atoms with van der Waals surface area (Å²) in [6.45, 7) is 7.50. The zero-order valence-corrected chi connectivity index (χ0v) is 17.9. The number of hydrogen-bond acceptors (Lipinski definition) is 10. The van der Waals surface area contributed by atoms with Crippen molar-refractivity contribution < 1.29 is 48.8 Å². The molecule has 3 aliphatic heterocycles. The molecule has 3 rings (SSSR count). The molecule has 172 valence electrons. The van der Waals surface area contributed by atoms with Crippen molar-refractivity contribution in [2.45, 2.75) is 108 Å². The summed E-state index contributed by atoms with van der Waals surface area (Å²) < 4.78 is 32.3. The van der Waals surface area contributed by atoms with Crippen LogP contribution in [-0.4, -0.2) is 102 Å². The Morgan fingerprint density at radius 3 is 1.72 bits per heavy atom. The molecule has 0 bridgehead atoms. The van der Waals surface area contributed by atoms with Crippen molar-refractivity contribution in [2.24, 2.45) is 0 Å². The molecule has 10 atom stereocenters. The van der Waals surface area contributed by atoms with Gasteiger partial charge in [0.05, 0.1) is 12.2 Å². The first-order chi connectivity index (χ1) is 13.6. The monoisotopic (exact) mass is 424 g/mol. The summed E-state index contributed by atoms with van der Waals surface area (Å²) in [7, 11) is 3.06. The van der Waals surface area contributed by atoms with E-state index in [4.69, 9.17) is 28.4 Å². The fraction of sp³-hybridized carbons (Fsp3) is 1.00. The first-order valence-corrected chi connectivity index (χ1v) is 10.0. The summed E-state index contributed by atoms with van der Waals surface area (Å²) in [5.41, 5.74) is 0. The maximum atomic E-state index is 9.84. The lowest BCUT2D eigenvalue weighted by Crippen LogP contribution is -2.57. The van der Waals surface area contributed by atoms with Gasteiger partial charge in [-0.05, 0) is 26.7 Å². The molecule has 2 unspecified atom stereocenters. The number of aliphatic hydroxyl groups is 4. The third-order valence-corrected chi connectivity index (χ3v) is 5.46. The lowest BCUT2D eigenvalue weighted by molar-refractivity contribution is -0.285. The third kappa shape index (κ3) is 5.45. The molecule has 0 saturated carbocycles. The predicted octanol–water partition coefficient (Wildman–Crippen LogP) is -0.501. The SMILES string of the molecule is CC[C@@H]1OC(O)[C@@H]2OC(C)(C)O[C@@H]2[C@H]1OC.CC[C@@H]1OC(O)[C@H](O)[C@H](O)[C@H]1OC. The Kier molecular flexibility index (Phi) is 8.81. The van der Waals surface area contributed by atoms with Crippen molar-refractivity contribution in [1.29, 1.82) is 0 Å². The molecule has 3 fully saturated rings. The summed E-state index contributed by atoms with van der Waals surface area (Å²) in [6.07, 6.45) is -5.33. The fourth-order valence-corrected chi connectivity index (χ4v) is 3.99. The van der Waals surface area contributed by atoms with Crippen LogP contribution in [0.15, 0.2) is 0 Å². The number of aliphatic hydroxyl groups excluding tert-OH is 4. The van der Waals surface area contributed by atoms with Crippen molar-refractivity contribution in [3.05, 3.63) is 0 Å². The van der Waals surface area contributed by atoms with Crippen LogP contribution in [0.1, 0.15) is 40.5 Å². The quantitative estimate of drug-likeness (QED) is 0.467. The minimum absolute atomic E-state index is 0.154. The van der Waals surface area contributed by atoms with Crippen LogP contribution in [0.2, 0.25) is 0 Å². The minimum atomic E-state index is -1.33. The first-order valence-electron chi connectivity index (χ1n) is 10.0. The van der Waals surface area contributed by atoms with Gasteiger partial charge in [-0.1, -0.05) is 13.8 Å². The third-order valence-electron chi connectivity index (χ3n) is 5.46. The second-order valence-electron chi connectivity index (χ2n) is 7.89. The maximum absolute atomic E-state index is 9.84. The number of fused-ring (bicyclic) bond motifs is 1. The van der Waals surface area contributed by atoms with Crippen LogP contribution in [0.4, 0.5) is 0 Å². The van der Waals surface area contributed by atoms with Gasteiger partial charge in [-0.3, -0.25) is 0 Å². The Labute approximate surface area is 171 Å². The highest BCUT2D eigenvalue weighted by molar-refractivity contribution is 4.96. The molecule has 3 aliphatic rings. The zero-order valence-electron chi connectivity index (χ0n) is 17.9. The predicted molar refractivity (Wildman–Crippen MR) is 99.8 cm³/mol. The van der Waals surface area contributed by atoms with E-state index in [1.54, 1.807) is 7.11 Å². The van der Waals surface area contributed by atoms with E-state index < -0.39 is 42.8 Å². The van der Waals surface area contributed by atoms with E-state index in [0.717, 1.165) is 6.42 Å². The van der Waals surface area contributed by atoms with Crippen molar-refractivity contribution in [1.82, 2.24) is 0 Å². The minimum Gasteiger partial charge on any atom is -0.387 e. The molecular formula is C19H36O10. The summed E-state index contributed by atoms with van der Waals surface area (Å²) >= 11 is 0. The summed E-state index contributed by atoms with van der Waals surface area (Å²) in [5.74, 6) is -0.695. The smallest absolute Gasteiger partial charge is 0.184 e. The van der Waals surface area contributed by atoms with Gasteiger partial charge in [-0.2, -0.15) is 0 Å². The number of hydrogen-bond donors (Lipinski definition) is 4. The van der Waals surface area contributed by atoms with E-state index >= 15 is 0 Å². The van der Waals surface area contributed by atoms with Gasteiger partial charge in [0.2, 0.25) is 0 Å². The molecule has 10 nitrogen and oxygen atoms in total. The van der Waals surface area contributed by atoms with Crippen molar-refractivity contribution in [2.75, 3.05) is 14.2 Å². The molecule has 0 aromatic heterocycles. The van der Waals surface area contributed by atoms with Gasteiger partial charge in [0.1, 0.15) is 36.6 Å². The van der Waals surface area contributed by atoms with Gasteiger partial charge >= 0.3 is 0 Å². The molecule has 0 spiro atoms. The number of ether oxygens (including phenoxy) is 6. The van der Waals surface area contributed by atoms with Crippen molar-refractivity contribution in [3.63, 3.8) is 0 Å². The largest absolute Gasteiger partial charge is 0.387 e. The molecule has 0 radical (unpaired) electrons. The van der Waals surface area contributed by atoms with E-state index in [9.17, 15) is 20.4 Å².